The van der Waals surface area contributed by atoms with Crippen LogP contribution in [0.4, 0.5) is 0 Å². The number of rotatable bonds is 4. The third-order valence-electron chi connectivity index (χ3n) is 4.36. The third kappa shape index (κ3) is 4.35. The number of carbonyl (C=O) groups is 1. The summed E-state index contributed by atoms with van der Waals surface area (Å²) in [6.07, 6.45) is 4.65. The van der Waals surface area contributed by atoms with Gasteiger partial charge in [0.25, 0.3) is 5.91 Å². The molecule has 1 amide bonds. The molecule has 1 aliphatic carbocycles. The molecule has 2 rings (SSSR count). The van der Waals surface area contributed by atoms with Crippen molar-refractivity contribution in [3.05, 3.63) is 33.8 Å². The maximum Gasteiger partial charge on any atom is 0.252 e. The second-order valence-electron chi connectivity index (χ2n) is 5.88. The normalized spacial score (nSPS) is 25.6. The second kappa shape index (κ2) is 6.99. The minimum atomic E-state index is -0.799. The molecule has 116 valence electrons. The van der Waals surface area contributed by atoms with Crippen LogP contribution in [0.3, 0.4) is 0 Å². The van der Waals surface area contributed by atoms with Crippen molar-refractivity contribution < 1.29 is 9.90 Å². The summed E-state index contributed by atoms with van der Waals surface area (Å²) in [7, 11) is 0. The number of hydrogen-bond donors (Lipinski definition) is 2. The van der Waals surface area contributed by atoms with Crippen LogP contribution in [0.1, 0.15) is 49.4 Å². The maximum absolute atomic E-state index is 12.2. The lowest BCUT2D eigenvalue weighted by molar-refractivity contribution is -0.00786. The van der Waals surface area contributed by atoms with Gasteiger partial charge in [-0.1, -0.05) is 36.5 Å². The zero-order valence-electron chi connectivity index (χ0n) is 12.2. The van der Waals surface area contributed by atoms with Gasteiger partial charge in [-0.2, -0.15) is 0 Å². The molecule has 0 atom stereocenters. The van der Waals surface area contributed by atoms with Gasteiger partial charge in [0.15, 0.2) is 0 Å². The number of aliphatic hydroxyl groups is 1. The molecule has 0 spiro atoms. The van der Waals surface area contributed by atoms with Gasteiger partial charge in [0.1, 0.15) is 0 Å². The van der Waals surface area contributed by atoms with Gasteiger partial charge in [-0.15, -0.1) is 0 Å². The van der Waals surface area contributed by atoms with E-state index in [1.807, 2.05) is 0 Å². The molecular weight excluding hydrogens is 309 g/mol. The third-order valence-corrected chi connectivity index (χ3v) is 4.93. The number of hydrogen-bond acceptors (Lipinski definition) is 2. The molecule has 0 bridgehead atoms. The predicted molar refractivity (Wildman–Crippen MR) is 86.0 cm³/mol. The lowest BCUT2D eigenvalue weighted by Gasteiger charge is -2.35. The summed E-state index contributed by atoms with van der Waals surface area (Å²) in [6.45, 7) is 2.43. The topological polar surface area (TPSA) is 49.3 Å². The van der Waals surface area contributed by atoms with Gasteiger partial charge in [-0.25, -0.2) is 0 Å². The lowest BCUT2D eigenvalue weighted by Crippen LogP contribution is -2.45. The summed E-state index contributed by atoms with van der Waals surface area (Å²) in [5, 5.41) is 14.1. The number of halogens is 2. The quantitative estimate of drug-likeness (QED) is 0.875. The van der Waals surface area contributed by atoms with Crippen molar-refractivity contribution in [2.75, 3.05) is 6.54 Å². The summed E-state index contributed by atoms with van der Waals surface area (Å²) in [4.78, 5) is 12.2. The molecule has 0 heterocycles. The van der Waals surface area contributed by atoms with E-state index >= 15 is 0 Å². The first kappa shape index (κ1) is 16.6. The van der Waals surface area contributed by atoms with Crippen LogP contribution in [-0.4, -0.2) is 23.2 Å². The minimum Gasteiger partial charge on any atom is -0.388 e. The van der Waals surface area contributed by atoms with Crippen LogP contribution in [0.2, 0.25) is 10.0 Å². The van der Waals surface area contributed by atoms with Crippen LogP contribution in [0.25, 0.3) is 0 Å². The van der Waals surface area contributed by atoms with Crippen LogP contribution < -0.4 is 5.32 Å². The molecule has 5 heteroatoms. The van der Waals surface area contributed by atoms with Crippen molar-refractivity contribution in [2.24, 2.45) is 5.92 Å². The highest BCUT2D eigenvalue weighted by Crippen LogP contribution is 2.33. The number of amides is 1. The highest BCUT2D eigenvalue weighted by Gasteiger charge is 2.33. The zero-order chi connectivity index (χ0) is 15.5. The first-order valence-corrected chi connectivity index (χ1v) is 8.15. The molecule has 0 aliphatic heterocycles. The van der Waals surface area contributed by atoms with Crippen LogP contribution in [0.15, 0.2) is 18.2 Å². The smallest absolute Gasteiger partial charge is 0.252 e. The van der Waals surface area contributed by atoms with Gasteiger partial charge in [0.05, 0.1) is 16.2 Å². The number of carbonyl (C=O) groups excluding carboxylic acids is 1. The fourth-order valence-corrected chi connectivity index (χ4v) is 3.19. The average molecular weight is 330 g/mol. The zero-order valence-corrected chi connectivity index (χ0v) is 13.7. The lowest BCUT2D eigenvalue weighted by atomic mass is 9.78. The van der Waals surface area contributed by atoms with E-state index in [9.17, 15) is 9.90 Å². The van der Waals surface area contributed by atoms with Gasteiger partial charge >= 0.3 is 0 Å². The standard InChI is InChI=1S/C16H21Cl2NO2/c1-2-11-5-7-16(21,8-6-11)10-19-15(20)13-9-12(17)3-4-14(13)18/h3-4,9,11,21H,2,5-8,10H2,1H3,(H,19,20). The van der Waals surface area contributed by atoms with E-state index in [1.165, 1.54) is 6.07 Å². The highest BCUT2D eigenvalue weighted by atomic mass is 35.5. The Balaban J connectivity index is 1.93. The van der Waals surface area contributed by atoms with Crippen LogP contribution >= 0.6 is 23.2 Å². The second-order valence-corrected chi connectivity index (χ2v) is 6.73. The van der Waals surface area contributed by atoms with Crippen molar-refractivity contribution in [1.29, 1.82) is 0 Å². The Morgan fingerprint density at radius 2 is 2.05 bits per heavy atom. The highest BCUT2D eigenvalue weighted by molar-refractivity contribution is 6.35. The summed E-state index contributed by atoms with van der Waals surface area (Å²) in [6, 6.07) is 4.78. The van der Waals surface area contributed by atoms with E-state index in [4.69, 9.17) is 23.2 Å². The average Bonchev–Trinajstić information content (AvgIpc) is 2.48. The van der Waals surface area contributed by atoms with Crippen molar-refractivity contribution in [2.45, 2.75) is 44.6 Å². The summed E-state index contributed by atoms with van der Waals surface area (Å²) in [5.41, 5.74) is -0.457. The van der Waals surface area contributed by atoms with E-state index in [1.54, 1.807) is 12.1 Å². The molecule has 1 aromatic carbocycles. The van der Waals surface area contributed by atoms with Gasteiger partial charge < -0.3 is 10.4 Å². The molecule has 0 radical (unpaired) electrons. The van der Waals surface area contributed by atoms with E-state index in [-0.39, 0.29) is 12.5 Å². The number of benzene rings is 1. The molecule has 1 fully saturated rings. The molecule has 1 aromatic rings. The Morgan fingerprint density at radius 3 is 2.67 bits per heavy atom. The maximum atomic E-state index is 12.2. The van der Waals surface area contributed by atoms with E-state index in [0.717, 1.165) is 32.1 Å². The summed E-state index contributed by atoms with van der Waals surface area (Å²) in [5.74, 6) is 0.400. The van der Waals surface area contributed by atoms with Gasteiger partial charge in [-0.3, -0.25) is 4.79 Å². The molecule has 0 saturated heterocycles. The molecule has 2 N–H and O–H groups in total. The summed E-state index contributed by atoms with van der Waals surface area (Å²) < 4.78 is 0. The Labute approximate surface area is 135 Å². The van der Waals surface area contributed by atoms with Crippen molar-refractivity contribution in [3.63, 3.8) is 0 Å². The fraction of sp³-hybridized carbons (Fsp3) is 0.562. The van der Waals surface area contributed by atoms with E-state index in [0.29, 0.717) is 21.5 Å². The van der Waals surface area contributed by atoms with Crippen molar-refractivity contribution in [3.8, 4) is 0 Å². The monoisotopic (exact) mass is 329 g/mol. The molecule has 3 nitrogen and oxygen atoms in total. The predicted octanol–water partition coefficient (Wildman–Crippen LogP) is 4.05. The molecular formula is C16H21Cl2NO2. The van der Waals surface area contributed by atoms with E-state index < -0.39 is 5.60 Å². The Bertz CT molecular complexity index is 511. The van der Waals surface area contributed by atoms with E-state index in [2.05, 4.69) is 12.2 Å². The van der Waals surface area contributed by atoms with Crippen molar-refractivity contribution in [1.82, 2.24) is 5.32 Å². The Morgan fingerprint density at radius 1 is 1.38 bits per heavy atom. The van der Waals surface area contributed by atoms with Crippen molar-refractivity contribution >= 4 is 29.1 Å². The molecule has 1 saturated carbocycles. The first-order valence-electron chi connectivity index (χ1n) is 7.39. The molecule has 0 unspecified atom stereocenters. The Hall–Kier alpha value is -0.770. The van der Waals surface area contributed by atoms with Gasteiger partial charge in [-0.05, 0) is 49.8 Å². The first-order chi connectivity index (χ1) is 9.93. The molecule has 21 heavy (non-hydrogen) atoms. The summed E-state index contributed by atoms with van der Waals surface area (Å²) >= 11 is 11.9. The van der Waals surface area contributed by atoms with Crippen LogP contribution in [-0.2, 0) is 0 Å². The van der Waals surface area contributed by atoms with Crippen LogP contribution in [0.5, 0.6) is 0 Å². The van der Waals surface area contributed by atoms with Gasteiger partial charge in [0.2, 0.25) is 0 Å². The van der Waals surface area contributed by atoms with Crippen LogP contribution in [0, 0.1) is 5.92 Å². The molecule has 0 aromatic heterocycles. The van der Waals surface area contributed by atoms with Gasteiger partial charge in [0, 0.05) is 11.6 Å². The molecule has 1 aliphatic rings. The largest absolute Gasteiger partial charge is 0.388 e. The SMILES string of the molecule is CCC1CCC(O)(CNC(=O)c2cc(Cl)ccc2Cl)CC1. The number of nitrogens with one attached hydrogen (secondary N) is 1. The fourth-order valence-electron chi connectivity index (χ4n) is 2.81. The minimum absolute atomic E-state index is 0.255. The Kier molecular flexibility index (Phi) is 5.53.